The molecule has 0 aromatic heterocycles. The summed E-state index contributed by atoms with van der Waals surface area (Å²) in [6, 6.07) is 13.8. The number of rotatable bonds is 4. The van der Waals surface area contributed by atoms with Crippen LogP contribution in [0.2, 0.25) is 0 Å². The summed E-state index contributed by atoms with van der Waals surface area (Å²) in [6.45, 7) is 1.96. The lowest BCUT2D eigenvalue weighted by molar-refractivity contribution is 0.0954. The minimum absolute atomic E-state index is 0.201. The molecule has 2 aromatic carbocycles. The maximum absolute atomic E-state index is 12.0. The summed E-state index contributed by atoms with van der Waals surface area (Å²) in [6.07, 6.45) is 0.670. The third kappa shape index (κ3) is 4.16. The number of carbonyl (C=O) groups excluding carboxylic acids is 1. The first-order valence-electron chi connectivity index (χ1n) is 6.52. The van der Waals surface area contributed by atoms with Crippen LogP contribution >= 0.6 is 15.9 Å². The van der Waals surface area contributed by atoms with Gasteiger partial charge in [0.2, 0.25) is 0 Å². The average Bonchev–Trinajstić information content (AvgIpc) is 2.49. The van der Waals surface area contributed by atoms with Crippen LogP contribution in [-0.4, -0.2) is 16.7 Å². The Balaban J connectivity index is 2.14. The summed E-state index contributed by atoms with van der Waals surface area (Å²) in [7, 11) is 0. The quantitative estimate of drug-likeness (QED) is 0.654. The van der Waals surface area contributed by atoms with Crippen LogP contribution in [0.25, 0.3) is 0 Å². The lowest BCUT2D eigenvalue weighted by Crippen LogP contribution is -2.19. The molecule has 2 rings (SSSR count). The van der Waals surface area contributed by atoms with Gasteiger partial charge in [-0.3, -0.25) is 4.79 Å². The number of phenolic OH excluding ortho intramolecular Hbond substituents is 1. The molecule has 5 heteroatoms. The van der Waals surface area contributed by atoms with E-state index in [-0.39, 0.29) is 11.7 Å². The van der Waals surface area contributed by atoms with Crippen LogP contribution in [0.3, 0.4) is 0 Å². The molecular weight excluding hydrogens is 332 g/mol. The molecule has 0 unspecified atom stereocenters. The van der Waals surface area contributed by atoms with Crippen LogP contribution in [-0.2, 0) is 0 Å². The number of hydrazone groups is 1. The molecule has 0 saturated carbocycles. The van der Waals surface area contributed by atoms with Gasteiger partial charge in [-0.15, -0.1) is 0 Å². The van der Waals surface area contributed by atoms with Crippen molar-refractivity contribution < 1.29 is 9.90 Å². The first-order valence-corrected chi connectivity index (χ1v) is 7.31. The van der Waals surface area contributed by atoms with Crippen molar-refractivity contribution in [3.05, 3.63) is 64.1 Å². The highest BCUT2D eigenvalue weighted by molar-refractivity contribution is 9.10. The fraction of sp³-hybridized carbons (Fsp3) is 0.125. The summed E-state index contributed by atoms with van der Waals surface area (Å²) < 4.78 is 0.841. The van der Waals surface area contributed by atoms with Gasteiger partial charge in [-0.25, -0.2) is 5.43 Å². The SMILES string of the molecule is CC/C(=N\NC(=O)c1cccc(Br)c1)c1ccc(O)cc1. The molecule has 0 aliphatic carbocycles. The molecule has 0 bridgehead atoms. The molecular formula is C16H15BrN2O2. The molecule has 0 heterocycles. The predicted octanol–water partition coefficient (Wildman–Crippen LogP) is 3.70. The number of hydrogen-bond donors (Lipinski definition) is 2. The van der Waals surface area contributed by atoms with E-state index in [1.54, 1.807) is 42.5 Å². The third-order valence-electron chi connectivity index (χ3n) is 2.91. The standard InChI is InChI=1S/C16H15BrN2O2/c1-2-15(11-6-8-14(20)9-7-11)18-19-16(21)12-4-3-5-13(17)10-12/h3-10,20H,2H2,1H3,(H,19,21)/b18-15+. The van der Waals surface area contributed by atoms with Crippen LogP contribution in [0.5, 0.6) is 5.75 Å². The summed E-state index contributed by atoms with van der Waals surface area (Å²) in [4.78, 5) is 12.0. The summed E-state index contributed by atoms with van der Waals surface area (Å²) in [5.41, 5.74) is 4.71. The minimum Gasteiger partial charge on any atom is -0.508 e. The number of aromatic hydroxyl groups is 1. The van der Waals surface area contributed by atoms with Gasteiger partial charge in [-0.2, -0.15) is 5.10 Å². The van der Waals surface area contributed by atoms with Gasteiger partial charge in [0.1, 0.15) is 5.75 Å². The second-order valence-corrected chi connectivity index (χ2v) is 5.33. The van der Waals surface area contributed by atoms with Crippen molar-refractivity contribution >= 4 is 27.5 Å². The zero-order valence-corrected chi connectivity index (χ0v) is 13.1. The predicted molar refractivity (Wildman–Crippen MR) is 86.5 cm³/mol. The van der Waals surface area contributed by atoms with Crippen LogP contribution in [0.4, 0.5) is 0 Å². The molecule has 0 spiro atoms. The van der Waals surface area contributed by atoms with Crippen molar-refractivity contribution in [2.45, 2.75) is 13.3 Å². The number of amides is 1. The molecule has 4 nitrogen and oxygen atoms in total. The van der Waals surface area contributed by atoms with E-state index in [0.717, 1.165) is 15.7 Å². The maximum Gasteiger partial charge on any atom is 0.271 e. The van der Waals surface area contributed by atoms with Crippen LogP contribution in [0, 0.1) is 0 Å². The highest BCUT2D eigenvalue weighted by atomic mass is 79.9. The smallest absolute Gasteiger partial charge is 0.271 e. The van der Waals surface area contributed by atoms with E-state index in [9.17, 15) is 9.90 Å². The van der Waals surface area contributed by atoms with Crippen molar-refractivity contribution in [1.82, 2.24) is 5.43 Å². The Kier molecular flexibility index (Phi) is 5.11. The van der Waals surface area contributed by atoms with E-state index in [0.29, 0.717) is 12.0 Å². The molecule has 0 fully saturated rings. The van der Waals surface area contributed by atoms with Gasteiger partial charge in [0.25, 0.3) is 5.91 Å². The van der Waals surface area contributed by atoms with Gasteiger partial charge < -0.3 is 5.11 Å². The van der Waals surface area contributed by atoms with E-state index < -0.39 is 0 Å². The van der Waals surface area contributed by atoms with Crippen LogP contribution in [0.15, 0.2) is 58.1 Å². The highest BCUT2D eigenvalue weighted by Crippen LogP contribution is 2.13. The number of nitrogens with zero attached hydrogens (tertiary/aromatic N) is 1. The van der Waals surface area contributed by atoms with Gasteiger partial charge in [-0.1, -0.05) is 28.9 Å². The molecule has 21 heavy (non-hydrogen) atoms. The van der Waals surface area contributed by atoms with Gasteiger partial charge in [0.15, 0.2) is 0 Å². The monoisotopic (exact) mass is 346 g/mol. The number of carbonyl (C=O) groups is 1. The summed E-state index contributed by atoms with van der Waals surface area (Å²) >= 11 is 3.33. The number of nitrogens with one attached hydrogen (secondary N) is 1. The molecule has 0 radical (unpaired) electrons. The Morgan fingerprint density at radius 2 is 1.90 bits per heavy atom. The number of halogens is 1. The Morgan fingerprint density at radius 1 is 1.19 bits per heavy atom. The molecule has 0 saturated heterocycles. The Bertz CT molecular complexity index is 666. The Labute approximate surface area is 131 Å². The molecule has 0 atom stereocenters. The number of phenols is 1. The Morgan fingerprint density at radius 3 is 2.52 bits per heavy atom. The zero-order chi connectivity index (χ0) is 15.2. The topological polar surface area (TPSA) is 61.7 Å². The van der Waals surface area contributed by atoms with E-state index in [2.05, 4.69) is 26.5 Å². The van der Waals surface area contributed by atoms with E-state index in [4.69, 9.17) is 0 Å². The zero-order valence-electron chi connectivity index (χ0n) is 11.5. The van der Waals surface area contributed by atoms with Gasteiger partial charge in [-0.05, 0) is 54.4 Å². The van der Waals surface area contributed by atoms with Gasteiger partial charge in [0, 0.05) is 10.0 Å². The largest absolute Gasteiger partial charge is 0.508 e. The molecule has 1 amide bonds. The number of hydrogen-bond acceptors (Lipinski definition) is 3. The molecule has 2 N–H and O–H groups in total. The number of benzene rings is 2. The molecule has 2 aromatic rings. The lowest BCUT2D eigenvalue weighted by atomic mass is 10.1. The van der Waals surface area contributed by atoms with Gasteiger partial charge in [0.05, 0.1) is 5.71 Å². The van der Waals surface area contributed by atoms with Crippen molar-refractivity contribution in [2.75, 3.05) is 0 Å². The molecule has 0 aliphatic rings. The van der Waals surface area contributed by atoms with Crippen LogP contribution in [0.1, 0.15) is 29.3 Å². The maximum atomic E-state index is 12.0. The first kappa shape index (κ1) is 15.3. The van der Waals surface area contributed by atoms with Crippen molar-refractivity contribution in [3.8, 4) is 5.75 Å². The van der Waals surface area contributed by atoms with Crippen molar-refractivity contribution in [1.29, 1.82) is 0 Å². The molecule has 108 valence electrons. The second-order valence-electron chi connectivity index (χ2n) is 4.41. The van der Waals surface area contributed by atoms with E-state index >= 15 is 0 Å². The normalized spacial score (nSPS) is 11.2. The fourth-order valence-corrected chi connectivity index (χ4v) is 2.21. The van der Waals surface area contributed by atoms with E-state index in [1.165, 1.54) is 0 Å². The molecule has 0 aliphatic heterocycles. The highest BCUT2D eigenvalue weighted by Gasteiger charge is 2.06. The third-order valence-corrected chi connectivity index (χ3v) is 3.41. The summed E-state index contributed by atoms with van der Waals surface area (Å²) in [5.74, 6) is -0.0617. The summed E-state index contributed by atoms with van der Waals surface area (Å²) in [5, 5.41) is 13.5. The van der Waals surface area contributed by atoms with Crippen molar-refractivity contribution in [3.63, 3.8) is 0 Å². The fourth-order valence-electron chi connectivity index (χ4n) is 1.81. The van der Waals surface area contributed by atoms with Crippen molar-refractivity contribution in [2.24, 2.45) is 5.10 Å². The van der Waals surface area contributed by atoms with E-state index in [1.807, 2.05) is 13.0 Å². The second kappa shape index (κ2) is 7.04. The average molecular weight is 347 g/mol. The first-order chi connectivity index (χ1) is 10.1. The minimum atomic E-state index is -0.263. The van der Waals surface area contributed by atoms with Gasteiger partial charge >= 0.3 is 0 Å². The lowest BCUT2D eigenvalue weighted by Gasteiger charge is -2.06. The Hall–Kier alpha value is -2.14. The van der Waals surface area contributed by atoms with Crippen LogP contribution < -0.4 is 5.43 Å².